The number of phenolic OH excluding ortho intramolecular Hbond substituents is 1. The highest BCUT2D eigenvalue weighted by Gasteiger charge is 2.11. The molecule has 0 radical (unpaired) electrons. The minimum Gasteiger partial charge on any atom is -0.507 e. The second kappa shape index (κ2) is 8.15. The third kappa shape index (κ3) is 4.67. The molecule has 0 bridgehead atoms. The molecule has 0 saturated carbocycles. The molecule has 21 heavy (non-hydrogen) atoms. The summed E-state index contributed by atoms with van der Waals surface area (Å²) < 4.78 is 5.60. The SMILES string of the molecule is Cl.N#CC[C@H](N)c1ccc(OCc2ccccc2)cc1O. The molecule has 1 atom stereocenters. The van der Waals surface area contributed by atoms with E-state index in [9.17, 15) is 5.11 Å². The summed E-state index contributed by atoms with van der Waals surface area (Å²) in [6, 6.07) is 16.2. The van der Waals surface area contributed by atoms with Gasteiger partial charge in [0, 0.05) is 17.7 Å². The summed E-state index contributed by atoms with van der Waals surface area (Å²) in [7, 11) is 0. The van der Waals surface area contributed by atoms with Crippen molar-refractivity contribution in [2.75, 3.05) is 0 Å². The first-order valence-corrected chi connectivity index (χ1v) is 6.33. The zero-order chi connectivity index (χ0) is 14.4. The quantitative estimate of drug-likeness (QED) is 0.888. The van der Waals surface area contributed by atoms with Gasteiger partial charge in [-0.3, -0.25) is 0 Å². The first kappa shape index (κ1) is 16.8. The van der Waals surface area contributed by atoms with E-state index in [0.717, 1.165) is 5.56 Å². The number of nitrogens with zero attached hydrogens (tertiary/aromatic N) is 1. The Morgan fingerprint density at radius 3 is 2.52 bits per heavy atom. The Hall–Kier alpha value is -2.22. The maximum atomic E-state index is 9.92. The molecule has 5 heteroatoms. The van der Waals surface area contributed by atoms with Crippen molar-refractivity contribution in [3.8, 4) is 17.6 Å². The molecule has 4 nitrogen and oxygen atoms in total. The van der Waals surface area contributed by atoms with E-state index in [0.29, 0.717) is 17.9 Å². The van der Waals surface area contributed by atoms with Crippen molar-refractivity contribution in [3.05, 3.63) is 59.7 Å². The number of rotatable bonds is 5. The number of nitrogens with two attached hydrogens (primary N) is 1. The molecule has 0 amide bonds. The number of benzene rings is 2. The van der Waals surface area contributed by atoms with Gasteiger partial charge >= 0.3 is 0 Å². The highest BCUT2D eigenvalue weighted by atomic mass is 35.5. The molecule has 2 aromatic carbocycles. The van der Waals surface area contributed by atoms with Crippen LogP contribution in [0.15, 0.2) is 48.5 Å². The zero-order valence-electron chi connectivity index (χ0n) is 11.4. The lowest BCUT2D eigenvalue weighted by Gasteiger charge is -2.12. The van der Waals surface area contributed by atoms with Crippen LogP contribution in [-0.4, -0.2) is 5.11 Å². The maximum absolute atomic E-state index is 9.92. The minimum atomic E-state index is -0.483. The van der Waals surface area contributed by atoms with Gasteiger partial charge in [0.1, 0.15) is 18.1 Å². The highest BCUT2D eigenvalue weighted by molar-refractivity contribution is 5.85. The first-order chi connectivity index (χ1) is 9.70. The molecule has 2 aromatic rings. The third-order valence-corrected chi connectivity index (χ3v) is 2.96. The molecule has 0 aliphatic rings. The van der Waals surface area contributed by atoms with Gasteiger partial charge < -0.3 is 15.6 Å². The van der Waals surface area contributed by atoms with E-state index < -0.39 is 6.04 Å². The Kier molecular flexibility index (Phi) is 6.54. The molecule has 3 N–H and O–H groups in total. The van der Waals surface area contributed by atoms with Crippen LogP contribution in [0.5, 0.6) is 11.5 Å². The van der Waals surface area contributed by atoms with Gasteiger partial charge in [0.2, 0.25) is 0 Å². The van der Waals surface area contributed by atoms with Gasteiger partial charge in [0.25, 0.3) is 0 Å². The summed E-state index contributed by atoms with van der Waals surface area (Å²) in [5.74, 6) is 0.623. The fourth-order valence-electron chi connectivity index (χ4n) is 1.88. The van der Waals surface area contributed by atoms with Crippen molar-refractivity contribution in [2.24, 2.45) is 5.73 Å². The van der Waals surface area contributed by atoms with Gasteiger partial charge in [-0.25, -0.2) is 0 Å². The Morgan fingerprint density at radius 1 is 1.19 bits per heavy atom. The molecule has 0 saturated heterocycles. The largest absolute Gasteiger partial charge is 0.507 e. The van der Waals surface area contributed by atoms with Crippen LogP contribution < -0.4 is 10.5 Å². The van der Waals surface area contributed by atoms with Crippen molar-refractivity contribution < 1.29 is 9.84 Å². The van der Waals surface area contributed by atoms with Crippen LogP contribution in [0.3, 0.4) is 0 Å². The van der Waals surface area contributed by atoms with Gasteiger partial charge in [-0.1, -0.05) is 36.4 Å². The predicted octanol–water partition coefficient (Wildman–Crippen LogP) is 3.31. The average Bonchev–Trinajstić information content (AvgIpc) is 2.46. The summed E-state index contributed by atoms with van der Waals surface area (Å²) in [6.07, 6.45) is 0.164. The molecule has 0 fully saturated rings. The number of ether oxygens (including phenoxy) is 1. The zero-order valence-corrected chi connectivity index (χ0v) is 12.2. The van der Waals surface area contributed by atoms with E-state index in [1.54, 1.807) is 12.1 Å². The highest BCUT2D eigenvalue weighted by Crippen LogP contribution is 2.29. The number of hydrogen-bond donors (Lipinski definition) is 2. The molecule has 110 valence electrons. The topological polar surface area (TPSA) is 79.3 Å². The number of hydrogen-bond acceptors (Lipinski definition) is 4. The molecule has 0 aromatic heterocycles. The Morgan fingerprint density at radius 2 is 1.90 bits per heavy atom. The maximum Gasteiger partial charge on any atom is 0.124 e. The van der Waals surface area contributed by atoms with Gasteiger partial charge in [-0.05, 0) is 11.6 Å². The fourth-order valence-corrected chi connectivity index (χ4v) is 1.88. The van der Waals surface area contributed by atoms with E-state index in [1.165, 1.54) is 6.07 Å². The van der Waals surface area contributed by atoms with Crippen molar-refractivity contribution in [2.45, 2.75) is 19.1 Å². The van der Waals surface area contributed by atoms with E-state index in [1.807, 2.05) is 36.4 Å². The number of nitriles is 1. The normalized spacial score (nSPS) is 11.0. The lowest BCUT2D eigenvalue weighted by atomic mass is 10.0. The standard InChI is InChI=1S/C16H16N2O2.ClH/c17-9-8-15(18)14-7-6-13(10-16(14)19)20-11-12-4-2-1-3-5-12;/h1-7,10,15,19H,8,11,18H2;1H/t15-;/m0./s1. The van der Waals surface area contributed by atoms with Crippen LogP contribution in [-0.2, 0) is 6.61 Å². The lowest BCUT2D eigenvalue weighted by molar-refractivity contribution is 0.304. The lowest BCUT2D eigenvalue weighted by Crippen LogP contribution is -2.09. The number of halogens is 1. The second-order valence-corrected chi connectivity index (χ2v) is 4.46. The van der Waals surface area contributed by atoms with E-state index >= 15 is 0 Å². The summed E-state index contributed by atoms with van der Waals surface area (Å²) in [5.41, 5.74) is 7.41. The van der Waals surface area contributed by atoms with E-state index in [2.05, 4.69) is 0 Å². The van der Waals surface area contributed by atoms with Gasteiger partial charge in [0.15, 0.2) is 0 Å². The monoisotopic (exact) mass is 304 g/mol. The Bertz CT molecular complexity index is 611. The molecule has 0 aliphatic heterocycles. The second-order valence-electron chi connectivity index (χ2n) is 4.46. The van der Waals surface area contributed by atoms with Crippen molar-refractivity contribution in [3.63, 3.8) is 0 Å². The number of phenols is 1. The van der Waals surface area contributed by atoms with Crippen LogP contribution in [0.4, 0.5) is 0 Å². The predicted molar refractivity (Wildman–Crippen MR) is 83.3 cm³/mol. The van der Waals surface area contributed by atoms with E-state index in [4.69, 9.17) is 15.7 Å². The van der Waals surface area contributed by atoms with Gasteiger partial charge in [-0.15, -0.1) is 12.4 Å². The molecule has 0 aliphatic carbocycles. The summed E-state index contributed by atoms with van der Waals surface area (Å²) in [4.78, 5) is 0. The minimum absolute atomic E-state index is 0. The summed E-state index contributed by atoms with van der Waals surface area (Å²) >= 11 is 0. The molecule has 0 unspecified atom stereocenters. The molecular formula is C16H17ClN2O2. The van der Waals surface area contributed by atoms with Crippen molar-refractivity contribution >= 4 is 12.4 Å². The smallest absolute Gasteiger partial charge is 0.124 e. The molecule has 0 spiro atoms. The third-order valence-electron chi connectivity index (χ3n) is 2.96. The Labute approximate surface area is 130 Å². The van der Waals surface area contributed by atoms with Gasteiger partial charge in [-0.2, -0.15) is 5.26 Å². The average molecular weight is 305 g/mol. The van der Waals surface area contributed by atoms with Crippen LogP contribution in [0.25, 0.3) is 0 Å². The van der Waals surface area contributed by atoms with Crippen LogP contribution >= 0.6 is 12.4 Å². The molecule has 2 rings (SSSR count). The molecular weight excluding hydrogens is 288 g/mol. The van der Waals surface area contributed by atoms with Crippen LogP contribution in [0.2, 0.25) is 0 Å². The fraction of sp³-hybridized carbons (Fsp3) is 0.188. The Balaban J connectivity index is 0.00000220. The summed E-state index contributed by atoms with van der Waals surface area (Å²) in [5, 5.41) is 18.5. The first-order valence-electron chi connectivity index (χ1n) is 6.33. The van der Waals surface area contributed by atoms with Crippen LogP contribution in [0, 0.1) is 11.3 Å². The number of aromatic hydroxyl groups is 1. The van der Waals surface area contributed by atoms with Crippen LogP contribution in [0.1, 0.15) is 23.6 Å². The van der Waals surface area contributed by atoms with Crippen molar-refractivity contribution in [1.82, 2.24) is 0 Å². The molecule has 0 heterocycles. The van der Waals surface area contributed by atoms with E-state index in [-0.39, 0.29) is 24.6 Å². The summed E-state index contributed by atoms with van der Waals surface area (Å²) in [6.45, 7) is 0.434. The van der Waals surface area contributed by atoms with Crippen molar-refractivity contribution in [1.29, 1.82) is 5.26 Å². The van der Waals surface area contributed by atoms with Gasteiger partial charge in [0.05, 0.1) is 12.5 Å².